The average Bonchev–Trinajstić information content (AvgIpc) is 2.20. The molecule has 0 aromatic heterocycles. The lowest BCUT2D eigenvalue weighted by molar-refractivity contribution is -0.129. The number of carbonyl (C=O) groups excluding carboxylic acids is 1. The summed E-state index contributed by atoms with van der Waals surface area (Å²) < 4.78 is 4.72. The predicted octanol–water partition coefficient (Wildman–Crippen LogP) is 0.530. The molecule has 0 bridgehead atoms. The molecular formula is C11H20N4O2. The third kappa shape index (κ3) is 3.26. The number of ether oxygens (including phenoxy) is 1. The van der Waals surface area contributed by atoms with E-state index >= 15 is 0 Å². The summed E-state index contributed by atoms with van der Waals surface area (Å²) in [4.78, 5) is 15.7. The van der Waals surface area contributed by atoms with Gasteiger partial charge in [0.1, 0.15) is 0 Å². The van der Waals surface area contributed by atoms with Crippen LogP contribution in [0.25, 0.3) is 0 Å². The van der Waals surface area contributed by atoms with Gasteiger partial charge in [-0.1, -0.05) is 0 Å². The molecule has 0 spiro atoms. The Balaban J connectivity index is 2.65. The number of nitrogens with zero attached hydrogens (tertiary/aromatic N) is 2. The molecular weight excluding hydrogens is 220 g/mol. The van der Waals surface area contributed by atoms with Crippen LogP contribution in [-0.2, 0) is 9.53 Å². The summed E-state index contributed by atoms with van der Waals surface area (Å²) in [5.41, 5.74) is -0.103. The normalized spacial score (nSPS) is 19.9. The molecule has 0 aliphatic carbocycles. The van der Waals surface area contributed by atoms with Crippen LogP contribution in [-0.4, -0.2) is 59.7 Å². The number of rotatable bonds is 0. The first-order valence-corrected chi connectivity index (χ1v) is 5.56. The van der Waals surface area contributed by atoms with E-state index in [1.54, 1.807) is 4.90 Å². The molecule has 96 valence electrons. The minimum absolute atomic E-state index is 0.103. The Morgan fingerprint density at radius 1 is 1.29 bits per heavy atom. The first-order valence-electron chi connectivity index (χ1n) is 5.56. The van der Waals surface area contributed by atoms with Crippen LogP contribution in [0.3, 0.4) is 0 Å². The van der Waals surface area contributed by atoms with Crippen LogP contribution in [0, 0.1) is 10.8 Å². The average molecular weight is 240 g/mol. The quantitative estimate of drug-likeness (QED) is 0.479. The maximum absolute atomic E-state index is 11.9. The number of amides is 1. The number of hydrogen-bond donors (Lipinski definition) is 2. The fourth-order valence-electron chi connectivity index (χ4n) is 1.75. The lowest BCUT2D eigenvalue weighted by Crippen LogP contribution is -2.60. The second-order valence-corrected chi connectivity index (χ2v) is 4.95. The molecule has 6 heteroatoms. The van der Waals surface area contributed by atoms with Gasteiger partial charge in [0.25, 0.3) is 5.90 Å². The summed E-state index contributed by atoms with van der Waals surface area (Å²) in [6, 6.07) is 0. The lowest BCUT2D eigenvalue weighted by Gasteiger charge is -2.45. The smallest absolute Gasteiger partial charge is 0.309 e. The molecule has 1 saturated heterocycles. The van der Waals surface area contributed by atoms with Gasteiger partial charge >= 0.3 is 5.91 Å². The molecule has 1 heterocycles. The van der Waals surface area contributed by atoms with Crippen molar-refractivity contribution in [3.8, 4) is 0 Å². The zero-order chi connectivity index (χ0) is 13.2. The Labute approximate surface area is 102 Å². The number of hydrogen-bond acceptors (Lipinski definition) is 5. The molecule has 17 heavy (non-hydrogen) atoms. The van der Waals surface area contributed by atoms with Gasteiger partial charge in [-0.3, -0.25) is 20.5 Å². The molecule has 1 aliphatic rings. The van der Waals surface area contributed by atoms with Crippen LogP contribution in [0.5, 0.6) is 0 Å². The highest BCUT2D eigenvalue weighted by atomic mass is 16.5. The molecule has 0 saturated carbocycles. The molecule has 0 radical (unpaired) electrons. The largest absolute Gasteiger partial charge is 0.421 e. The Hall–Kier alpha value is -1.43. The van der Waals surface area contributed by atoms with Crippen molar-refractivity contribution in [3.05, 3.63) is 0 Å². The first kappa shape index (κ1) is 13.6. The summed E-state index contributed by atoms with van der Waals surface area (Å²) >= 11 is 0. The van der Waals surface area contributed by atoms with E-state index in [0.29, 0.717) is 13.1 Å². The molecule has 1 rings (SSSR count). The number of piperazine rings is 1. The van der Waals surface area contributed by atoms with E-state index in [9.17, 15) is 4.79 Å². The second-order valence-electron chi connectivity index (χ2n) is 4.95. The maximum atomic E-state index is 11.9. The molecule has 1 aliphatic heterocycles. The zero-order valence-corrected chi connectivity index (χ0v) is 10.8. The van der Waals surface area contributed by atoms with Gasteiger partial charge in [0.2, 0.25) is 0 Å². The molecule has 0 aromatic rings. The van der Waals surface area contributed by atoms with Gasteiger partial charge in [-0.05, 0) is 20.9 Å². The van der Waals surface area contributed by atoms with E-state index in [-0.39, 0.29) is 11.4 Å². The van der Waals surface area contributed by atoms with E-state index in [2.05, 4.69) is 18.7 Å². The molecule has 0 unspecified atom stereocenters. The van der Waals surface area contributed by atoms with Gasteiger partial charge in [0.15, 0.2) is 5.90 Å². The summed E-state index contributed by atoms with van der Waals surface area (Å²) in [7, 11) is 2.02. The van der Waals surface area contributed by atoms with Crippen molar-refractivity contribution in [2.45, 2.75) is 26.3 Å². The van der Waals surface area contributed by atoms with Gasteiger partial charge < -0.3 is 9.64 Å². The molecule has 1 fully saturated rings. The van der Waals surface area contributed by atoms with Crippen LogP contribution in [0.15, 0.2) is 0 Å². The topological polar surface area (TPSA) is 80.5 Å². The van der Waals surface area contributed by atoms with E-state index < -0.39 is 11.8 Å². The van der Waals surface area contributed by atoms with Gasteiger partial charge in [-0.2, -0.15) is 0 Å². The Morgan fingerprint density at radius 3 is 2.35 bits per heavy atom. The van der Waals surface area contributed by atoms with E-state index in [0.717, 1.165) is 6.54 Å². The van der Waals surface area contributed by atoms with Gasteiger partial charge in [-0.25, -0.2) is 0 Å². The van der Waals surface area contributed by atoms with Crippen molar-refractivity contribution in [2.75, 3.05) is 26.7 Å². The highest BCUT2D eigenvalue weighted by molar-refractivity contribution is 6.35. The molecule has 1 amide bonds. The Kier molecular flexibility index (Phi) is 3.87. The molecule has 6 nitrogen and oxygen atoms in total. The Morgan fingerprint density at radius 2 is 1.88 bits per heavy atom. The first-order chi connectivity index (χ1) is 7.74. The van der Waals surface area contributed by atoms with Crippen LogP contribution in [0.1, 0.15) is 20.8 Å². The van der Waals surface area contributed by atoms with Crippen LogP contribution in [0.2, 0.25) is 0 Å². The van der Waals surface area contributed by atoms with Gasteiger partial charge in [0, 0.05) is 32.1 Å². The number of likely N-dealkylation sites (N-methyl/N-ethyl adjacent to an activating group) is 1. The minimum atomic E-state index is -0.474. The highest BCUT2D eigenvalue weighted by Gasteiger charge is 2.34. The number of nitrogens with one attached hydrogen (secondary N) is 2. The second kappa shape index (κ2) is 4.83. The Bertz CT molecular complexity index is 351. The summed E-state index contributed by atoms with van der Waals surface area (Å²) in [5.74, 6) is -1.06. The summed E-state index contributed by atoms with van der Waals surface area (Å²) in [6.45, 7) is 7.43. The van der Waals surface area contributed by atoms with Crippen molar-refractivity contribution in [1.82, 2.24) is 9.80 Å². The maximum Gasteiger partial charge on any atom is 0.309 e. The highest BCUT2D eigenvalue weighted by Crippen LogP contribution is 2.18. The van der Waals surface area contributed by atoms with Crippen molar-refractivity contribution in [2.24, 2.45) is 0 Å². The van der Waals surface area contributed by atoms with E-state index in [4.69, 9.17) is 15.6 Å². The molecule has 2 N–H and O–H groups in total. The van der Waals surface area contributed by atoms with Crippen LogP contribution in [0.4, 0.5) is 0 Å². The van der Waals surface area contributed by atoms with Crippen molar-refractivity contribution in [3.63, 3.8) is 0 Å². The third-order valence-corrected chi connectivity index (χ3v) is 3.05. The van der Waals surface area contributed by atoms with Crippen LogP contribution >= 0.6 is 0 Å². The molecule has 0 atom stereocenters. The van der Waals surface area contributed by atoms with Gasteiger partial charge in [-0.15, -0.1) is 0 Å². The third-order valence-electron chi connectivity index (χ3n) is 3.05. The lowest BCUT2D eigenvalue weighted by atomic mass is 10.00. The zero-order valence-electron chi connectivity index (χ0n) is 10.8. The van der Waals surface area contributed by atoms with E-state index in [1.165, 1.54) is 6.92 Å². The van der Waals surface area contributed by atoms with E-state index in [1.807, 2.05) is 7.05 Å². The van der Waals surface area contributed by atoms with Crippen molar-refractivity contribution < 1.29 is 9.53 Å². The summed E-state index contributed by atoms with van der Waals surface area (Å²) in [5, 5.41) is 14.6. The monoisotopic (exact) mass is 240 g/mol. The standard InChI is InChI=1S/C11H20N4O2/c1-8(12)17-9(13)10(16)15-6-5-14(4)11(2,3)7-15/h12-13H,5-7H2,1-4H3. The minimum Gasteiger partial charge on any atom is -0.421 e. The SMILES string of the molecule is CC(=N)OC(=N)C(=O)N1CCN(C)C(C)(C)C1. The fraction of sp³-hybridized carbons (Fsp3) is 0.727. The van der Waals surface area contributed by atoms with Gasteiger partial charge in [0.05, 0.1) is 0 Å². The van der Waals surface area contributed by atoms with Crippen molar-refractivity contribution in [1.29, 1.82) is 10.8 Å². The molecule has 0 aromatic carbocycles. The summed E-state index contributed by atoms with van der Waals surface area (Å²) in [6.07, 6.45) is 0. The van der Waals surface area contributed by atoms with Crippen LogP contribution < -0.4 is 0 Å². The predicted molar refractivity (Wildman–Crippen MR) is 65.5 cm³/mol. The fourth-order valence-corrected chi connectivity index (χ4v) is 1.75. The van der Waals surface area contributed by atoms with Crippen molar-refractivity contribution >= 4 is 17.7 Å². The number of carbonyl (C=O) groups is 1.